The number of unbranched alkanes of at least 4 members (excludes halogenated alkanes) is 38. The first-order valence-electron chi connectivity index (χ1n) is 31.1. The van der Waals surface area contributed by atoms with E-state index < -0.39 is 6.10 Å². The minimum absolute atomic E-state index is 0.0631. The van der Waals surface area contributed by atoms with Gasteiger partial charge in [-0.15, -0.1) is 0 Å². The molecule has 0 bridgehead atoms. The van der Waals surface area contributed by atoms with Gasteiger partial charge in [0.15, 0.2) is 6.10 Å². The topological polar surface area (TPSA) is 78.9 Å². The average molecular weight is 976 g/mol. The highest BCUT2D eigenvalue weighted by atomic mass is 16.6. The number of rotatable bonds is 56. The Hall–Kier alpha value is -1.59. The van der Waals surface area contributed by atoms with Crippen molar-refractivity contribution in [3.63, 3.8) is 0 Å². The van der Waals surface area contributed by atoms with Crippen LogP contribution in [-0.2, 0) is 28.6 Å². The molecular formula is C63H122O6. The summed E-state index contributed by atoms with van der Waals surface area (Å²) in [4.78, 5) is 38.3. The van der Waals surface area contributed by atoms with Crippen LogP contribution in [0.1, 0.15) is 350 Å². The van der Waals surface area contributed by atoms with Crippen molar-refractivity contribution in [2.24, 2.45) is 17.8 Å². The molecule has 0 aliphatic rings. The molecule has 0 radical (unpaired) electrons. The molecule has 0 amide bonds. The Balaban J connectivity index is 4.28. The zero-order valence-corrected chi connectivity index (χ0v) is 47.6. The monoisotopic (exact) mass is 975 g/mol. The number of hydrogen-bond acceptors (Lipinski definition) is 6. The minimum Gasteiger partial charge on any atom is -0.462 e. The predicted octanol–water partition coefficient (Wildman–Crippen LogP) is 20.7. The van der Waals surface area contributed by atoms with Crippen LogP contribution < -0.4 is 0 Å². The zero-order chi connectivity index (χ0) is 50.5. The molecule has 0 fully saturated rings. The van der Waals surface area contributed by atoms with Crippen molar-refractivity contribution in [1.29, 1.82) is 0 Å². The van der Waals surface area contributed by atoms with Gasteiger partial charge in [0.05, 0.1) is 0 Å². The van der Waals surface area contributed by atoms with E-state index in [0.29, 0.717) is 19.3 Å². The van der Waals surface area contributed by atoms with Crippen molar-refractivity contribution >= 4 is 17.9 Å². The van der Waals surface area contributed by atoms with E-state index in [2.05, 4.69) is 41.5 Å². The van der Waals surface area contributed by atoms with E-state index in [9.17, 15) is 14.4 Å². The Labute approximate surface area is 431 Å². The lowest BCUT2D eigenvalue weighted by Crippen LogP contribution is -2.30. The van der Waals surface area contributed by atoms with Crippen LogP contribution >= 0.6 is 0 Å². The number of esters is 3. The largest absolute Gasteiger partial charge is 0.462 e. The number of ether oxygens (including phenoxy) is 3. The molecule has 1 unspecified atom stereocenters. The summed E-state index contributed by atoms with van der Waals surface area (Å²) in [5.74, 6) is 1.73. The maximum atomic E-state index is 12.9. The lowest BCUT2D eigenvalue weighted by atomic mass is 9.99. The van der Waals surface area contributed by atoms with E-state index in [-0.39, 0.29) is 31.1 Å². The molecule has 0 aliphatic carbocycles. The highest BCUT2D eigenvalue weighted by Gasteiger charge is 2.19. The smallest absolute Gasteiger partial charge is 0.306 e. The summed E-state index contributed by atoms with van der Waals surface area (Å²) in [6.45, 7) is 13.8. The van der Waals surface area contributed by atoms with Crippen LogP contribution in [0.15, 0.2) is 0 Å². The fourth-order valence-corrected chi connectivity index (χ4v) is 9.67. The van der Waals surface area contributed by atoms with Crippen LogP contribution in [0.25, 0.3) is 0 Å². The summed E-state index contributed by atoms with van der Waals surface area (Å²) < 4.78 is 16.9. The second-order valence-electron chi connectivity index (χ2n) is 22.9. The van der Waals surface area contributed by atoms with Crippen LogP contribution in [0.2, 0.25) is 0 Å². The van der Waals surface area contributed by atoms with Gasteiger partial charge in [0.2, 0.25) is 0 Å². The van der Waals surface area contributed by atoms with Crippen LogP contribution in [-0.4, -0.2) is 37.2 Å². The van der Waals surface area contributed by atoms with E-state index in [1.54, 1.807) is 0 Å². The molecule has 0 aromatic heterocycles. The molecule has 0 heterocycles. The number of carbonyl (C=O) groups excluding carboxylic acids is 3. The second kappa shape index (κ2) is 54.2. The van der Waals surface area contributed by atoms with Gasteiger partial charge in [0.1, 0.15) is 13.2 Å². The molecule has 6 nitrogen and oxygen atoms in total. The summed E-state index contributed by atoms with van der Waals surface area (Å²) in [7, 11) is 0. The SMILES string of the molecule is CCC(C)CCCCCCCCCCCCC(=O)OC[C@H](COC(=O)CCCCCCCCCCCCCCCC(C)C)OC(=O)CCCCCCCCCCCCCCCCCCCCC(C)C. The first-order chi connectivity index (χ1) is 33.6. The highest BCUT2D eigenvalue weighted by molar-refractivity contribution is 5.71. The highest BCUT2D eigenvalue weighted by Crippen LogP contribution is 2.19. The Bertz CT molecular complexity index is 1070. The predicted molar refractivity (Wildman–Crippen MR) is 298 cm³/mol. The zero-order valence-electron chi connectivity index (χ0n) is 47.6. The van der Waals surface area contributed by atoms with E-state index in [1.165, 1.54) is 231 Å². The average Bonchev–Trinajstić information content (AvgIpc) is 3.32. The maximum Gasteiger partial charge on any atom is 0.306 e. The summed E-state index contributed by atoms with van der Waals surface area (Å²) in [5.41, 5.74) is 0. The molecule has 0 N–H and O–H groups in total. The third kappa shape index (κ3) is 55.6. The molecule has 0 spiro atoms. The summed E-state index contributed by atoms with van der Waals surface area (Å²) in [6, 6.07) is 0. The molecule has 0 aliphatic heterocycles. The van der Waals surface area contributed by atoms with Crippen LogP contribution in [0, 0.1) is 17.8 Å². The van der Waals surface area contributed by atoms with Crippen molar-refractivity contribution in [3.8, 4) is 0 Å². The second-order valence-corrected chi connectivity index (χ2v) is 22.9. The molecule has 0 saturated heterocycles. The molecular weight excluding hydrogens is 853 g/mol. The van der Waals surface area contributed by atoms with E-state index >= 15 is 0 Å². The fraction of sp³-hybridized carbons (Fsp3) is 0.952. The van der Waals surface area contributed by atoms with Gasteiger partial charge in [-0.05, 0) is 37.0 Å². The van der Waals surface area contributed by atoms with Crippen LogP contribution in [0.4, 0.5) is 0 Å². The lowest BCUT2D eigenvalue weighted by Gasteiger charge is -2.18. The van der Waals surface area contributed by atoms with Crippen molar-refractivity contribution in [2.75, 3.05) is 13.2 Å². The lowest BCUT2D eigenvalue weighted by molar-refractivity contribution is -0.167. The Kier molecular flexibility index (Phi) is 52.9. The molecule has 69 heavy (non-hydrogen) atoms. The molecule has 0 saturated carbocycles. The van der Waals surface area contributed by atoms with Crippen molar-refractivity contribution < 1.29 is 28.6 Å². The third-order valence-electron chi connectivity index (χ3n) is 14.8. The minimum atomic E-state index is -0.764. The number of carbonyl (C=O) groups is 3. The first-order valence-corrected chi connectivity index (χ1v) is 31.1. The van der Waals surface area contributed by atoms with Gasteiger partial charge in [-0.2, -0.15) is 0 Å². The van der Waals surface area contributed by atoms with Gasteiger partial charge in [-0.1, -0.05) is 311 Å². The molecule has 410 valence electrons. The van der Waals surface area contributed by atoms with E-state index in [4.69, 9.17) is 14.2 Å². The standard InChI is InChI=1S/C63H122O6/c1-7-59(6)51-45-39-33-27-23-24-29-35-41-47-53-62(65)68-56-60(55-67-61(64)52-46-40-34-28-21-18-14-16-20-26-32-38-44-50-58(4)5)69-63(66)54-48-42-36-30-22-17-13-11-9-8-10-12-15-19-25-31-37-43-49-57(2)3/h57-60H,7-56H2,1-6H3/t59?,60-/m0/s1. The van der Waals surface area contributed by atoms with Crippen molar-refractivity contribution in [2.45, 2.75) is 356 Å². The van der Waals surface area contributed by atoms with Gasteiger partial charge in [-0.25, -0.2) is 0 Å². The van der Waals surface area contributed by atoms with Crippen molar-refractivity contribution in [3.05, 3.63) is 0 Å². The normalized spacial score (nSPS) is 12.5. The summed E-state index contributed by atoms with van der Waals surface area (Å²) in [5, 5.41) is 0. The van der Waals surface area contributed by atoms with Gasteiger partial charge in [0, 0.05) is 19.3 Å². The van der Waals surface area contributed by atoms with Gasteiger partial charge < -0.3 is 14.2 Å². The number of hydrogen-bond donors (Lipinski definition) is 0. The van der Waals surface area contributed by atoms with E-state index in [0.717, 1.165) is 75.5 Å². The fourth-order valence-electron chi connectivity index (χ4n) is 9.67. The molecule has 0 aromatic carbocycles. The van der Waals surface area contributed by atoms with Gasteiger partial charge >= 0.3 is 17.9 Å². The molecule has 2 atom stereocenters. The van der Waals surface area contributed by atoms with Crippen LogP contribution in [0.3, 0.4) is 0 Å². The van der Waals surface area contributed by atoms with E-state index in [1.807, 2.05) is 0 Å². The van der Waals surface area contributed by atoms with Crippen LogP contribution in [0.5, 0.6) is 0 Å². The van der Waals surface area contributed by atoms with Gasteiger partial charge in [0.25, 0.3) is 0 Å². The van der Waals surface area contributed by atoms with Crippen molar-refractivity contribution in [1.82, 2.24) is 0 Å². The summed E-state index contributed by atoms with van der Waals surface area (Å²) in [6.07, 6.45) is 58.1. The third-order valence-corrected chi connectivity index (χ3v) is 14.8. The Morgan fingerprint density at radius 1 is 0.290 bits per heavy atom. The Morgan fingerprint density at radius 3 is 0.754 bits per heavy atom. The quantitative estimate of drug-likeness (QED) is 0.0343. The van der Waals surface area contributed by atoms with Gasteiger partial charge in [-0.3, -0.25) is 14.4 Å². The molecule has 6 heteroatoms. The summed E-state index contributed by atoms with van der Waals surface area (Å²) >= 11 is 0. The molecule has 0 rings (SSSR count). The first kappa shape index (κ1) is 67.4. The molecule has 0 aromatic rings. The maximum absolute atomic E-state index is 12.9. The Morgan fingerprint density at radius 2 is 0.507 bits per heavy atom.